The molecule has 7 nitrogen and oxygen atoms in total. The topological polar surface area (TPSA) is 86.3 Å². The van der Waals surface area contributed by atoms with Crippen molar-refractivity contribution in [2.75, 3.05) is 26.8 Å². The molecule has 3 heterocycles. The van der Waals surface area contributed by atoms with Gasteiger partial charge in [-0.3, -0.25) is 4.79 Å². The van der Waals surface area contributed by atoms with Crippen molar-refractivity contribution >= 4 is 17.1 Å². The molecule has 1 saturated heterocycles. The van der Waals surface area contributed by atoms with Crippen LogP contribution in [0.4, 0.5) is 0 Å². The summed E-state index contributed by atoms with van der Waals surface area (Å²) in [6.07, 6.45) is 5.73. The molecule has 1 aliphatic rings. The van der Waals surface area contributed by atoms with Crippen molar-refractivity contribution in [1.29, 1.82) is 0 Å². The zero-order valence-corrected chi connectivity index (χ0v) is 23.1. The zero-order valence-electron chi connectivity index (χ0n) is 23.1. The number of imidazole rings is 1. The van der Waals surface area contributed by atoms with E-state index in [1.54, 1.807) is 7.11 Å². The minimum atomic E-state index is -0.217. The molecule has 1 fully saturated rings. The number of ether oxygens (including phenoxy) is 1. The first-order valence-corrected chi connectivity index (χ1v) is 14.0. The van der Waals surface area contributed by atoms with Crippen LogP contribution >= 0.6 is 0 Å². The lowest BCUT2D eigenvalue weighted by molar-refractivity contribution is -0.132. The SMILES string of the molecule is COCCCn1c([C@@H]2CCCN(C(=O)C[C@H](N)Cc3ccc(-c4ccccc4)cc3)C2)nc2c(C)ccnc21. The Hall–Kier alpha value is -3.55. The number of fused-ring (bicyclic) bond motifs is 1. The number of aryl methyl sites for hydroxylation is 2. The van der Waals surface area contributed by atoms with E-state index in [1.807, 2.05) is 35.4 Å². The summed E-state index contributed by atoms with van der Waals surface area (Å²) in [5, 5.41) is 0. The van der Waals surface area contributed by atoms with E-state index in [-0.39, 0.29) is 17.9 Å². The van der Waals surface area contributed by atoms with Gasteiger partial charge in [-0.2, -0.15) is 0 Å². The number of piperidine rings is 1. The Morgan fingerprint density at radius 2 is 1.87 bits per heavy atom. The normalized spacial score (nSPS) is 16.5. The van der Waals surface area contributed by atoms with Crippen LogP contribution in [0.25, 0.3) is 22.3 Å². The summed E-state index contributed by atoms with van der Waals surface area (Å²) in [4.78, 5) is 25.0. The molecule has 4 aromatic rings. The van der Waals surface area contributed by atoms with Crippen LogP contribution in [0.3, 0.4) is 0 Å². The third-order valence-electron chi connectivity index (χ3n) is 7.73. The van der Waals surface area contributed by atoms with Crippen molar-refractivity contribution < 1.29 is 9.53 Å². The maximum Gasteiger partial charge on any atom is 0.224 e. The maximum absolute atomic E-state index is 13.3. The number of rotatable bonds is 10. The van der Waals surface area contributed by atoms with E-state index in [9.17, 15) is 4.79 Å². The van der Waals surface area contributed by atoms with Gasteiger partial charge in [-0.05, 0) is 60.9 Å². The Balaban J connectivity index is 1.23. The van der Waals surface area contributed by atoms with Gasteiger partial charge in [-0.15, -0.1) is 0 Å². The van der Waals surface area contributed by atoms with Gasteiger partial charge in [0.25, 0.3) is 0 Å². The van der Waals surface area contributed by atoms with E-state index in [2.05, 4.69) is 52.9 Å². The summed E-state index contributed by atoms with van der Waals surface area (Å²) < 4.78 is 7.54. The highest BCUT2D eigenvalue weighted by molar-refractivity contribution is 5.77. The van der Waals surface area contributed by atoms with E-state index in [0.717, 1.165) is 60.5 Å². The Bertz CT molecular complexity index is 1380. The standard InChI is InChI=1S/C32H39N5O2/c1-23-15-16-34-32-30(23)35-31(37(32)18-7-19-39-2)27-10-6-17-36(22-27)29(38)21-28(33)20-24-11-13-26(14-12-24)25-8-4-3-5-9-25/h3-5,8-9,11-16,27-28H,6-7,10,17-22,33H2,1-2H3/t27-,28-/m1/s1. The molecule has 0 bridgehead atoms. The van der Waals surface area contributed by atoms with E-state index in [1.165, 1.54) is 11.1 Å². The molecule has 0 unspecified atom stereocenters. The molecule has 39 heavy (non-hydrogen) atoms. The third kappa shape index (κ3) is 6.37. The summed E-state index contributed by atoms with van der Waals surface area (Å²) in [6.45, 7) is 5.01. The van der Waals surface area contributed by atoms with Crippen molar-refractivity contribution in [3.63, 3.8) is 0 Å². The van der Waals surface area contributed by atoms with Crippen molar-refractivity contribution in [2.24, 2.45) is 5.73 Å². The van der Waals surface area contributed by atoms with Gasteiger partial charge in [0.05, 0.1) is 0 Å². The highest BCUT2D eigenvalue weighted by Gasteiger charge is 2.29. The maximum atomic E-state index is 13.3. The van der Waals surface area contributed by atoms with Crippen LogP contribution in [0.15, 0.2) is 66.9 Å². The molecule has 1 aliphatic heterocycles. The van der Waals surface area contributed by atoms with Gasteiger partial charge in [0.15, 0.2) is 5.65 Å². The minimum absolute atomic E-state index is 0.129. The summed E-state index contributed by atoms with van der Waals surface area (Å²) >= 11 is 0. The van der Waals surface area contributed by atoms with Gasteiger partial charge >= 0.3 is 0 Å². The number of methoxy groups -OCH3 is 1. The van der Waals surface area contributed by atoms with Crippen LogP contribution < -0.4 is 5.73 Å². The average molecular weight is 526 g/mol. The molecule has 2 N–H and O–H groups in total. The molecular weight excluding hydrogens is 486 g/mol. The predicted molar refractivity (Wildman–Crippen MR) is 155 cm³/mol. The quantitative estimate of drug-likeness (QED) is 0.291. The van der Waals surface area contributed by atoms with Crippen molar-refractivity contribution in [3.8, 4) is 11.1 Å². The predicted octanol–water partition coefficient (Wildman–Crippen LogP) is 5.11. The van der Waals surface area contributed by atoms with E-state index in [0.29, 0.717) is 26.0 Å². The zero-order chi connectivity index (χ0) is 27.2. The number of nitrogens with two attached hydrogens (primary N) is 1. The highest BCUT2D eigenvalue weighted by atomic mass is 16.5. The summed E-state index contributed by atoms with van der Waals surface area (Å²) in [5.41, 5.74) is 13.0. The van der Waals surface area contributed by atoms with E-state index in [4.69, 9.17) is 15.5 Å². The third-order valence-corrected chi connectivity index (χ3v) is 7.73. The smallest absolute Gasteiger partial charge is 0.224 e. The first kappa shape index (κ1) is 27.0. The molecule has 5 rings (SSSR count). The Kier molecular flexibility index (Phi) is 8.69. The number of aromatic nitrogens is 3. The Morgan fingerprint density at radius 1 is 1.10 bits per heavy atom. The van der Waals surface area contributed by atoms with Gasteiger partial charge < -0.3 is 19.9 Å². The van der Waals surface area contributed by atoms with E-state index < -0.39 is 0 Å². The lowest BCUT2D eigenvalue weighted by Crippen LogP contribution is -2.42. The summed E-state index contributed by atoms with van der Waals surface area (Å²) in [6, 6.07) is 20.6. The largest absolute Gasteiger partial charge is 0.385 e. The number of carbonyl (C=O) groups excluding carboxylic acids is 1. The summed E-state index contributed by atoms with van der Waals surface area (Å²) in [5.74, 6) is 1.34. The van der Waals surface area contributed by atoms with Crippen LogP contribution in [0.2, 0.25) is 0 Å². The second-order valence-corrected chi connectivity index (χ2v) is 10.7. The Morgan fingerprint density at radius 3 is 2.64 bits per heavy atom. The van der Waals surface area contributed by atoms with Crippen molar-refractivity contribution in [1.82, 2.24) is 19.4 Å². The van der Waals surface area contributed by atoms with Gasteiger partial charge in [-0.25, -0.2) is 9.97 Å². The number of pyridine rings is 1. The second-order valence-electron chi connectivity index (χ2n) is 10.7. The van der Waals surface area contributed by atoms with Crippen LogP contribution in [-0.4, -0.2) is 58.2 Å². The summed E-state index contributed by atoms with van der Waals surface area (Å²) in [7, 11) is 1.73. The van der Waals surface area contributed by atoms with Crippen LogP contribution in [-0.2, 0) is 22.5 Å². The first-order valence-electron chi connectivity index (χ1n) is 14.0. The Labute approximate surface area is 231 Å². The van der Waals surface area contributed by atoms with Crippen LogP contribution in [0.5, 0.6) is 0 Å². The minimum Gasteiger partial charge on any atom is -0.385 e. The van der Waals surface area contributed by atoms with Crippen molar-refractivity contribution in [2.45, 2.75) is 57.5 Å². The van der Waals surface area contributed by atoms with Gasteiger partial charge in [-0.1, -0.05) is 54.6 Å². The van der Waals surface area contributed by atoms with Crippen LogP contribution in [0, 0.1) is 6.92 Å². The number of amides is 1. The molecular formula is C32H39N5O2. The number of likely N-dealkylation sites (tertiary alicyclic amines) is 1. The number of hydrogen-bond acceptors (Lipinski definition) is 5. The second kappa shape index (κ2) is 12.5. The fraction of sp³-hybridized carbons (Fsp3) is 0.406. The molecule has 204 valence electrons. The fourth-order valence-corrected chi connectivity index (χ4v) is 5.66. The fourth-order valence-electron chi connectivity index (χ4n) is 5.66. The lowest BCUT2D eigenvalue weighted by atomic mass is 9.95. The van der Waals surface area contributed by atoms with Crippen molar-refractivity contribution in [3.05, 3.63) is 83.8 Å². The first-order chi connectivity index (χ1) is 19.0. The molecule has 0 radical (unpaired) electrons. The lowest BCUT2D eigenvalue weighted by Gasteiger charge is -2.33. The molecule has 0 aliphatic carbocycles. The molecule has 2 aromatic carbocycles. The van der Waals surface area contributed by atoms with Gasteiger partial charge in [0.1, 0.15) is 11.3 Å². The molecule has 7 heteroatoms. The number of hydrogen-bond donors (Lipinski definition) is 1. The molecule has 1 amide bonds. The monoisotopic (exact) mass is 525 g/mol. The molecule has 2 atom stereocenters. The molecule has 0 spiro atoms. The van der Waals surface area contributed by atoms with E-state index >= 15 is 0 Å². The number of carbonyl (C=O) groups is 1. The highest BCUT2D eigenvalue weighted by Crippen LogP contribution is 2.30. The van der Waals surface area contributed by atoms with Gasteiger partial charge in [0.2, 0.25) is 5.91 Å². The average Bonchev–Trinajstić information content (AvgIpc) is 3.34. The van der Waals surface area contributed by atoms with Gasteiger partial charge in [0, 0.05) is 57.9 Å². The number of nitrogens with zero attached hydrogens (tertiary/aromatic N) is 4. The molecule has 0 saturated carbocycles. The van der Waals surface area contributed by atoms with Crippen LogP contribution in [0.1, 0.15) is 48.6 Å². The number of benzene rings is 2. The molecule has 2 aromatic heterocycles.